The van der Waals surface area contributed by atoms with E-state index < -0.39 is 6.10 Å². The summed E-state index contributed by atoms with van der Waals surface area (Å²) in [5.41, 5.74) is 0.605. The Balaban J connectivity index is 1.50. The van der Waals surface area contributed by atoms with Crippen LogP contribution in [0.1, 0.15) is 30.1 Å². The number of anilines is 1. The molecule has 7 heteroatoms. The predicted octanol–water partition coefficient (Wildman–Crippen LogP) is 1.62. The van der Waals surface area contributed by atoms with E-state index in [9.17, 15) is 9.90 Å². The zero-order valence-corrected chi connectivity index (χ0v) is 14.5. The number of likely N-dealkylation sites (tertiary alicyclic amines) is 1. The van der Waals surface area contributed by atoms with Crippen molar-refractivity contribution in [2.75, 3.05) is 25.0 Å². The molecule has 3 heterocycles. The number of hydrogen-bond acceptors (Lipinski definition) is 5. The molecule has 2 aromatic heterocycles. The van der Waals surface area contributed by atoms with Crippen LogP contribution in [0.5, 0.6) is 0 Å². The number of rotatable bonds is 6. The average Bonchev–Trinajstić information content (AvgIpc) is 3.13. The molecule has 2 aromatic rings. The second-order valence-electron chi connectivity index (χ2n) is 6.63. The minimum absolute atomic E-state index is 0.0344. The number of hydrogen-bond donors (Lipinski definition) is 2. The van der Waals surface area contributed by atoms with Gasteiger partial charge in [-0.3, -0.25) is 9.48 Å². The molecule has 1 saturated heterocycles. The summed E-state index contributed by atoms with van der Waals surface area (Å²) in [6.45, 7) is 4.60. The summed E-state index contributed by atoms with van der Waals surface area (Å²) in [5.74, 6) is 1.26. The Morgan fingerprint density at radius 3 is 2.80 bits per heavy atom. The number of aromatic nitrogens is 3. The van der Waals surface area contributed by atoms with Crippen LogP contribution in [-0.2, 0) is 6.54 Å². The predicted molar refractivity (Wildman–Crippen MR) is 95.3 cm³/mol. The van der Waals surface area contributed by atoms with E-state index in [1.807, 2.05) is 21.8 Å². The fourth-order valence-electron chi connectivity index (χ4n) is 3.05. The van der Waals surface area contributed by atoms with Crippen LogP contribution < -0.4 is 5.32 Å². The van der Waals surface area contributed by atoms with Crippen LogP contribution in [0, 0.1) is 5.92 Å². The van der Waals surface area contributed by atoms with Gasteiger partial charge in [-0.1, -0.05) is 0 Å². The summed E-state index contributed by atoms with van der Waals surface area (Å²) in [5, 5.41) is 16.5. The van der Waals surface area contributed by atoms with Crippen molar-refractivity contribution in [2.24, 2.45) is 5.92 Å². The minimum Gasteiger partial charge on any atom is -0.392 e. The van der Waals surface area contributed by atoms with Crippen LogP contribution in [0.3, 0.4) is 0 Å². The molecule has 25 heavy (non-hydrogen) atoms. The smallest absolute Gasteiger partial charge is 0.255 e. The second kappa shape index (κ2) is 8.11. The van der Waals surface area contributed by atoms with Gasteiger partial charge in [0.2, 0.25) is 0 Å². The molecule has 3 rings (SSSR count). The van der Waals surface area contributed by atoms with Crippen LogP contribution >= 0.6 is 0 Å². The Morgan fingerprint density at radius 2 is 2.20 bits per heavy atom. The maximum atomic E-state index is 12.6. The van der Waals surface area contributed by atoms with Crippen LogP contribution in [0.15, 0.2) is 36.8 Å². The molecule has 0 aromatic carbocycles. The van der Waals surface area contributed by atoms with Crippen molar-refractivity contribution in [1.82, 2.24) is 19.7 Å². The number of amides is 1. The lowest BCUT2D eigenvalue weighted by molar-refractivity contribution is 0.0681. The Hall–Kier alpha value is -2.41. The summed E-state index contributed by atoms with van der Waals surface area (Å²) in [6.07, 6.45) is 6.93. The highest BCUT2D eigenvalue weighted by Gasteiger charge is 2.24. The summed E-state index contributed by atoms with van der Waals surface area (Å²) in [6, 6.07) is 5.50. The Kier molecular flexibility index (Phi) is 5.65. The first-order valence-electron chi connectivity index (χ1n) is 8.76. The van der Waals surface area contributed by atoms with E-state index in [0.717, 1.165) is 32.5 Å². The molecule has 0 spiro atoms. The molecule has 1 aliphatic rings. The average molecular weight is 343 g/mol. The van der Waals surface area contributed by atoms with Crippen molar-refractivity contribution in [3.05, 3.63) is 42.4 Å². The van der Waals surface area contributed by atoms with Gasteiger partial charge in [0, 0.05) is 44.8 Å². The third kappa shape index (κ3) is 4.79. The first-order valence-corrected chi connectivity index (χ1v) is 8.76. The molecule has 0 aliphatic carbocycles. The lowest BCUT2D eigenvalue weighted by atomic mass is 9.96. The van der Waals surface area contributed by atoms with E-state index in [0.29, 0.717) is 23.8 Å². The van der Waals surface area contributed by atoms with Crippen molar-refractivity contribution in [3.8, 4) is 0 Å². The largest absolute Gasteiger partial charge is 0.392 e. The van der Waals surface area contributed by atoms with Gasteiger partial charge in [0.05, 0.1) is 11.7 Å². The molecule has 1 atom stereocenters. The number of carbonyl (C=O) groups is 1. The van der Waals surface area contributed by atoms with Crippen LogP contribution in [0.2, 0.25) is 0 Å². The third-order valence-corrected chi connectivity index (χ3v) is 4.50. The van der Waals surface area contributed by atoms with Gasteiger partial charge in [-0.05, 0) is 43.9 Å². The number of nitrogens with one attached hydrogen (secondary N) is 1. The van der Waals surface area contributed by atoms with Crippen molar-refractivity contribution in [1.29, 1.82) is 0 Å². The van der Waals surface area contributed by atoms with Crippen molar-refractivity contribution >= 4 is 11.7 Å². The maximum Gasteiger partial charge on any atom is 0.255 e. The highest BCUT2D eigenvalue weighted by atomic mass is 16.3. The minimum atomic E-state index is -0.439. The van der Waals surface area contributed by atoms with Gasteiger partial charge in [-0.25, -0.2) is 4.98 Å². The van der Waals surface area contributed by atoms with E-state index in [1.165, 1.54) is 0 Å². The maximum absolute atomic E-state index is 12.6. The summed E-state index contributed by atoms with van der Waals surface area (Å²) < 4.78 is 1.96. The quantitative estimate of drug-likeness (QED) is 0.833. The van der Waals surface area contributed by atoms with Crippen LogP contribution in [-0.4, -0.2) is 56.4 Å². The zero-order chi connectivity index (χ0) is 17.6. The summed E-state index contributed by atoms with van der Waals surface area (Å²) in [4.78, 5) is 18.8. The normalized spacial score (nSPS) is 16.6. The van der Waals surface area contributed by atoms with Gasteiger partial charge in [0.15, 0.2) is 0 Å². The van der Waals surface area contributed by atoms with Crippen molar-refractivity contribution < 1.29 is 9.90 Å². The first kappa shape index (κ1) is 17.4. The fraction of sp³-hybridized carbons (Fsp3) is 0.500. The molecule has 134 valence electrons. The van der Waals surface area contributed by atoms with Gasteiger partial charge in [0.1, 0.15) is 5.82 Å². The molecule has 0 radical (unpaired) electrons. The lowest BCUT2D eigenvalue weighted by Crippen LogP contribution is -2.39. The van der Waals surface area contributed by atoms with Crippen molar-refractivity contribution in [2.45, 2.75) is 32.4 Å². The monoisotopic (exact) mass is 343 g/mol. The van der Waals surface area contributed by atoms with E-state index in [1.54, 1.807) is 31.5 Å². The highest BCUT2D eigenvalue weighted by molar-refractivity contribution is 5.94. The summed E-state index contributed by atoms with van der Waals surface area (Å²) >= 11 is 0. The van der Waals surface area contributed by atoms with E-state index in [4.69, 9.17) is 0 Å². The Morgan fingerprint density at radius 1 is 1.40 bits per heavy atom. The molecular formula is C18H25N5O2. The highest BCUT2D eigenvalue weighted by Crippen LogP contribution is 2.20. The van der Waals surface area contributed by atoms with Gasteiger partial charge >= 0.3 is 0 Å². The first-order chi connectivity index (χ1) is 12.1. The standard InChI is InChI=1S/C18H25N5O2/c1-14(24)11-19-17-4-3-16(12-20-17)18(25)22-9-5-15(6-10-22)13-23-8-2-7-21-23/h2-4,7-8,12,14-15,24H,5-6,9-11,13H2,1H3,(H,19,20)/t14-/m0/s1. The number of aliphatic hydroxyl groups is 1. The lowest BCUT2D eigenvalue weighted by Gasteiger charge is -2.32. The number of pyridine rings is 1. The number of carbonyl (C=O) groups excluding carboxylic acids is 1. The Bertz CT molecular complexity index is 661. The third-order valence-electron chi connectivity index (χ3n) is 4.50. The number of aliphatic hydroxyl groups excluding tert-OH is 1. The number of piperidine rings is 1. The Labute approximate surface area is 147 Å². The molecule has 2 N–H and O–H groups in total. The molecule has 0 saturated carbocycles. The molecule has 0 bridgehead atoms. The molecule has 0 unspecified atom stereocenters. The molecule has 1 aliphatic heterocycles. The van der Waals surface area contributed by atoms with E-state index in [-0.39, 0.29) is 5.91 Å². The fourth-order valence-corrected chi connectivity index (χ4v) is 3.05. The second-order valence-corrected chi connectivity index (χ2v) is 6.63. The van der Waals surface area contributed by atoms with Crippen LogP contribution in [0.4, 0.5) is 5.82 Å². The zero-order valence-electron chi connectivity index (χ0n) is 14.5. The van der Waals surface area contributed by atoms with Gasteiger partial charge in [0.25, 0.3) is 5.91 Å². The van der Waals surface area contributed by atoms with E-state index in [2.05, 4.69) is 15.4 Å². The molecular weight excluding hydrogens is 318 g/mol. The number of nitrogens with zero attached hydrogens (tertiary/aromatic N) is 4. The topological polar surface area (TPSA) is 83.3 Å². The van der Waals surface area contributed by atoms with Gasteiger partial charge < -0.3 is 15.3 Å². The van der Waals surface area contributed by atoms with Crippen molar-refractivity contribution in [3.63, 3.8) is 0 Å². The van der Waals surface area contributed by atoms with Crippen LogP contribution in [0.25, 0.3) is 0 Å². The molecule has 1 amide bonds. The molecule has 1 fully saturated rings. The van der Waals surface area contributed by atoms with Gasteiger partial charge in [-0.15, -0.1) is 0 Å². The van der Waals surface area contributed by atoms with E-state index >= 15 is 0 Å². The molecule has 7 nitrogen and oxygen atoms in total. The SMILES string of the molecule is C[C@H](O)CNc1ccc(C(=O)N2CCC(Cn3cccn3)CC2)cn1. The summed E-state index contributed by atoms with van der Waals surface area (Å²) in [7, 11) is 0. The van der Waals surface area contributed by atoms with Gasteiger partial charge in [-0.2, -0.15) is 5.10 Å².